The first-order valence-electron chi connectivity index (χ1n) is 6.97. The third kappa shape index (κ3) is 4.79. The molecule has 0 aliphatic carbocycles. The van der Waals surface area contributed by atoms with Crippen molar-refractivity contribution in [1.82, 2.24) is 5.32 Å². The number of likely N-dealkylation sites (N-methyl/N-ethyl adjacent to an activating group) is 1. The average Bonchev–Trinajstić information content (AvgIpc) is 2.34. The van der Waals surface area contributed by atoms with E-state index in [0.29, 0.717) is 5.92 Å². The van der Waals surface area contributed by atoms with Gasteiger partial charge in [-0.2, -0.15) is 0 Å². The molecule has 18 heavy (non-hydrogen) atoms. The van der Waals surface area contributed by atoms with Crippen molar-refractivity contribution in [3.05, 3.63) is 35.4 Å². The lowest BCUT2D eigenvalue weighted by atomic mass is 10.0. The first kappa shape index (κ1) is 15.2. The van der Waals surface area contributed by atoms with E-state index in [1.165, 1.54) is 11.1 Å². The molecule has 0 radical (unpaired) electrons. The van der Waals surface area contributed by atoms with Crippen molar-refractivity contribution >= 4 is 0 Å². The topological polar surface area (TPSA) is 21.3 Å². The number of aryl methyl sites for hydroxylation is 1. The zero-order chi connectivity index (χ0) is 13.5. The Labute approximate surface area is 112 Å². The largest absolute Gasteiger partial charge is 0.369 e. The van der Waals surface area contributed by atoms with E-state index < -0.39 is 0 Å². The maximum absolute atomic E-state index is 6.19. The summed E-state index contributed by atoms with van der Waals surface area (Å²) in [4.78, 5) is 0. The second-order valence-electron chi connectivity index (χ2n) is 5.30. The van der Waals surface area contributed by atoms with Crippen molar-refractivity contribution in [1.29, 1.82) is 0 Å². The highest BCUT2D eigenvalue weighted by Gasteiger charge is 2.17. The highest BCUT2D eigenvalue weighted by Crippen LogP contribution is 2.22. The summed E-state index contributed by atoms with van der Waals surface area (Å²) in [6.07, 6.45) is 0.413. The van der Waals surface area contributed by atoms with E-state index in [9.17, 15) is 0 Å². The lowest BCUT2D eigenvalue weighted by molar-refractivity contribution is -0.0257. The summed E-state index contributed by atoms with van der Waals surface area (Å²) in [6.45, 7) is 12.6. The van der Waals surface area contributed by atoms with Crippen LogP contribution < -0.4 is 5.32 Å². The number of benzene rings is 1. The molecule has 0 aromatic heterocycles. The molecule has 2 heteroatoms. The van der Waals surface area contributed by atoms with Crippen LogP contribution in [0.2, 0.25) is 0 Å². The fraction of sp³-hybridized carbons (Fsp3) is 0.625. The highest BCUT2D eigenvalue weighted by molar-refractivity contribution is 5.24. The predicted octanol–water partition coefficient (Wildman–Crippen LogP) is 3.71. The Balaban J connectivity index is 2.77. The predicted molar refractivity (Wildman–Crippen MR) is 77.8 cm³/mol. The van der Waals surface area contributed by atoms with Crippen LogP contribution in [0.1, 0.15) is 44.9 Å². The van der Waals surface area contributed by atoms with Crippen LogP contribution in [-0.2, 0) is 4.74 Å². The molecule has 1 aromatic carbocycles. The molecule has 0 saturated heterocycles. The van der Waals surface area contributed by atoms with Gasteiger partial charge in [0.05, 0.1) is 12.2 Å². The number of nitrogens with one attached hydrogen (secondary N) is 1. The Morgan fingerprint density at radius 1 is 1.22 bits per heavy atom. The van der Waals surface area contributed by atoms with Crippen LogP contribution in [0.5, 0.6) is 0 Å². The van der Waals surface area contributed by atoms with E-state index in [-0.39, 0.29) is 12.2 Å². The van der Waals surface area contributed by atoms with Crippen LogP contribution >= 0.6 is 0 Å². The summed E-state index contributed by atoms with van der Waals surface area (Å²) in [6, 6.07) is 8.60. The lowest BCUT2D eigenvalue weighted by Crippen LogP contribution is -2.27. The van der Waals surface area contributed by atoms with Crippen molar-refractivity contribution in [3.63, 3.8) is 0 Å². The second-order valence-corrected chi connectivity index (χ2v) is 5.30. The molecule has 0 amide bonds. The zero-order valence-electron chi connectivity index (χ0n) is 12.4. The van der Waals surface area contributed by atoms with Gasteiger partial charge in [0, 0.05) is 6.54 Å². The Bertz CT molecular complexity index is 349. The Kier molecular flexibility index (Phi) is 6.37. The summed E-state index contributed by atoms with van der Waals surface area (Å²) in [5, 5.41) is 3.39. The Hall–Kier alpha value is -0.860. The lowest BCUT2D eigenvalue weighted by Gasteiger charge is -2.25. The van der Waals surface area contributed by atoms with E-state index in [2.05, 4.69) is 64.2 Å². The number of rotatable bonds is 7. The molecule has 1 rings (SSSR count). The molecular weight excluding hydrogens is 222 g/mol. The van der Waals surface area contributed by atoms with Gasteiger partial charge in [-0.1, -0.05) is 50.6 Å². The van der Waals surface area contributed by atoms with E-state index in [0.717, 1.165) is 13.1 Å². The summed E-state index contributed by atoms with van der Waals surface area (Å²) in [5.41, 5.74) is 2.55. The van der Waals surface area contributed by atoms with Crippen LogP contribution in [0.25, 0.3) is 0 Å². The minimum atomic E-state index is 0.141. The molecule has 102 valence electrons. The third-order valence-corrected chi connectivity index (χ3v) is 3.31. The van der Waals surface area contributed by atoms with Crippen molar-refractivity contribution in [2.45, 2.75) is 46.8 Å². The van der Waals surface area contributed by atoms with Crippen molar-refractivity contribution in [2.24, 2.45) is 5.92 Å². The first-order valence-corrected chi connectivity index (χ1v) is 6.97. The normalized spacial score (nSPS) is 14.8. The van der Waals surface area contributed by atoms with Gasteiger partial charge in [-0.05, 0) is 31.9 Å². The third-order valence-electron chi connectivity index (χ3n) is 3.31. The molecule has 0 saturated carbocycles. The summed E-state index contributed by atoms with van der Waals surface area (Å²) in [7, 11) is 0. The van der Waals surface area contributed by atoms with Crippen LogP contribution in [0, 0.1) is 12.8 Å². The summed E-state index contributed by atoms with van der Waals surface area (Å²) < 4.78 is 6.19. The zero-order valence-corrected chi connectivity index (χ0v) is 12.4. The molecule has 0 spiro atoms. The molecule has 0 heterocycles. The summed E-state index contributed by atoms with van der Waals surface area (Å²) in [5.74, 6) is 0.541. The highest BCUT2D eigenvalue weighted by atomic mass is 16.5. The molecular formula is C16H27NO. The van der Waals surface area contributed by atoms with Crippen molar-refractivity contribution in [3.8, 4) is 0 Å². The quantitative estimate of drug-likeness (QED) is 0.795. The van der Waals surface area contributed by atoms with Crippen LogP contribution in [0.4, 0.5) is 0 Å². The van der Waals surface area contributed by atoms with E-state index in [4.69, 9.17) is 4.74 Å². The second kappa shape index (κ2) is 7.55. The van der Waals surface area contributed by atoms with Gasteiger partial charge in [0.25, 0.3) is 0 Å². The molecule has 1 aromatic rings. The molecule has 0 aliphatic rings. The number of hydrogen-bond donors (Lipinski definition) is 1. The van der Waals surface area contributed by atoms with Gasteiger partial charge < -0.3 is 10.1 Å². The fourth-order valence-electron chi connectivity index (χ4n) is 1.81. The van der Waals surface area contributed by atoms with Gasteiger partial charge in [-0.3, -0.25) is 0 Å². The van der Waals surface area contributed by atoms with Gasteiger partial charge >= 0.3 is 0 Å². The van der Waals surface area contributed by atoms with Crippen LogP contribution in [0.15, 0.2) is 24.3 Å². The van der Waals surface area contributed by atoms with Crippen molar-refractivity contribution < 1.29 is 4.74 Å². The molecule has 2 unspecified atom stereocenters. The smallest absolute Gasteiger partial charge is 0.0953 e. The number of ether oxygens (including phenoxy) is 1. The van der Waals surface area contributed by atoms with Gasteiger partial charge in [-0.15, -0.1) is 0 Å². The molecule has 0 fully saturated rings. The SMILES string of the molecule is CCNCC(OC(C)C(C)C)c1cccc(C)c1. The van der Waals surface area contributed by atoms with Gasteiger partial charge in [0.2, 0.25) is 0 Å². The van der Waals surface area contributed by atoms with Gasteiger partial charge in [-0.25, -0.2) is 0 Å². The molecule has 0 bridgehead atoms. The van der Waals surface area contributed by atoms with E-state index >= 15 is 0 Å². The maximum atomic E-state index is 6.19. The maximum Gasteiger partial charge on any atom is 0.0953 e. The first-order chi connectivity index (χ1) is 8.54. The average molecular weight is 249 g/mol. The monoisotopic (exact) mass is 249 g/mol. The molecule has 0 aliphatic heterocycles. The minimum absolute atomic E-state index is 0.141. The van der Waals surface area contributed by atoms with E-state index in [1.54, 1.807) is 0 Å². The Morgan fingerprint density at radius 2 is 1.94 bits per heavy atom. The van der Waals surface area contributed by atoms with Gasteiger partial charge in [0.1, 0.15) is 0 Å². The van der Waals surface area contributed by atoms with Crippen molar-refractivity contribution in [2.75, 3.05) is 13.1 Å². The van der Waals surface area contributed by atoms with Gasteiger partial charge in [0.15, 0.2) is 0 Å². The minimum Gasteiger partial charge on any atom is -0.369 e. The Morgan fingerprint density at radius 3 is 2.50 bits per heavy atom. The summed E-state index contributed by atoms with van der Waals surface area (Å²) >= 11 is 0. The fourth-order valence-corrected chi connectivity index (χ4v) is 1.81. The molecule has 2 nitrogen and oxygen atoms in total. The van der Waals surface area contributed by atoms with Crippen LogP contribution in [0.3, 0.4) is 0 Å². The molecule has 2 atom stereocenters. The standard InChI is InChI=1S/C16H27NO/c1-6-17-11-16(18-14(5)12(2)3)15-9-7-8-13(4)10-15/h7-10,12,14,16-17H,6,11H2,1-5H3. The van der Waals surface area contributed by atoms with Crippen LogP contribution in [-0.4, -0.2) is 19.2 Å². The molecule has 1 N–H and O–H groups in total. The number of hydrogen-bond acceptors (Lipinski definition) is 2. The van der Waals surface area contributed by atoms with E-state index in [1.807, 2.05) is 0 Å².